The van der Waals surface area contributed by atoms with Crippen LogP contribution >= 0.6 is 0 Å². The molecule has 3 rings (SSSR count). The van der Waals surface area contributed by atoms with Gasteiger partial charge in [0.25, 0.3) is 11.8 Å². The normalized spacial score (nSPS) is 10.4. The van der Waals surface area contributed by atoms with Gasteiger partial charge in [0, 0.05) is 13.1 Å². The minimum atomic E-state index is -0.310. The fourth-order valence-electron chi connectivity index (χ4n) is 2.88. The Morgan fingerprint density at radius 2 is 1.14 bits per heavy atom. The van der Waals surface area contributed by atoms with Gasteiger partial charge < -0.3 is 10.6 Å². The van der Waals surface area contributed by atoms with Gasteiger partial charge in [-0.15, -0.1) is 0 Å². The Balaban J connectivity index is 1.60. The molecule has 0 saturated carbocycles. The van der Waals surface area contributed by atoms with Crippen molar-refractivity contribution in [1.29, 1.82) is 0 Å². The summed E-state index contributed by atoms with van der Waals surface area (Å²) < 4.78 is 0. The molecule has 5 heteroatoms. The average molecular weight is 373 g/mol. The number of aromatic nitrogens is 1. The minimum absolute atomic E-state index is 0.218. The molecule has 1 heterocycles. The smallest absolute Gasteiger partial charge is 0.270 e. The van der Waals surface area contributed by atoms with E-state index in [1.807, 2.05) is 62.4 Å². The van der Waals surface area contributed by atoms with E-state index < -0.39 is 0 Å². The third-order valence-electron chi connectivity index (χ3n) is 4.29. The van der Waals surface area contributed by atoms with Gasteiger partial charge in [-0.3, -0.25) is 9.59 Å². The van der Waals surface area contributed by atoms with Gasteiger partial charge in [0.05, 0.1) is 0 Å². The Hall–Kier alpha value is -3.47. The fraction of sp³-hybridized carbons (Fsp3) is 0.174. The Morgan fingerprint density at radius 3 is 1.57 bits per heavy atom. The highest BCUT2D eigenvalue weighted by Gasteiger charge is 2.12. The predicted molar refractivity (Wildman–Crippen MR) is 109 cm³/mol. The maximum atomic E-state index is 12.4. The van der Waals surface area contributed by atoms with E-state index in [2.05, 4.69) is 15.6 Å². The molecule has 0 aliphatic rings. The highest BCUT2D eigenvalue weighted by molar-refractivity contribution is 5.96. The summed E-state index contributed by atoms with van der Waals surface area (Å²) in [5.41, 5.74) is 4.74. The van der Waals surface area contributed by atoms with Crippen LogP contribution in [0.5, 0.6) is 0 Å². The lowest BCUT2D eigenvalue weighted by molar-refractivity contribution is 0.0941. The number of nitrogens with zero attached hydrogens (tertiary/aromatic N) is 1. The van der Waals surface area contributed by atoms with Crippen LogP contribution in [-0.2, 0) is 13.1 Å². The number of carbonyl (C=O) groups excluding carboxylic acids is 2. The molecule has 2 amide bonds. The second-order valence-corrected chi connectivity index (χ2v) is 6.75. The third-order valence-corrected chi connectivity index (χ3v) is 4.29. The van der Waals surface area contributed by atoms with Gasteiger partial charge in [-0.2, -0.15) is 0 Å². The van der Waals surface area contributed by atoms with E-state index in [1.54, 1.807) is 18.2 Å². The van der Waals surface area contributed by atoms with Crippen LogP contribution in [-0.4, -0.2) is 16.8 Å². The molecular formula is C23H23N3O2. The second kappa shape index (κ2) is 8.95. The Kier molecular flexibility index (Phi) is 6.17. The second-order valence-electron chi connectivity index (χ2n) is 6.75. The predicted octanol–water partition coefficient (Wildman–Crippen LogP) is 3.56. The van der Waals surface area contributed by atoms with Crippen LogP contribution in [0.1, 0.15) is 43.2 Å². The van der Waals surface area contributed by atoms with Crippen molar-refractivity contribution in [2.75, 3.05) is 0 Å². The molecule has 0 aliphatic carbocycles. The molecule has 142 valence electrons. The highest BCUT2D eigenvalue weighted by atomic mass is 16.2. The molecule has 0 unspecified atom stereocenters. The number of pyridine rings is 1. The van der Waals surface area contributed by atoms with Crippen molar-refractivity contribution in [3.05, 3.63) is 100 Å². The minimum Gasteiger partial charge on any atom is -0.347 e. The van der Waals surface area contributed by atoms with Crippen LogP contribution in [0, 0.1) is 13.8 Å². The molecule has 2 aromatic carbocycles. The number of benzene rings is 2. The number of amides is 2. The van der Waals surface area contributed by atoms with Gasteiger partial charge in [-0.25, -0.2) is 4.98 Å². The lowest BCUT2D eigenvalue weighted by atomic mass is 10.1. The number of nitrogens with one attached hydrogen (secondary N) is 2. The largest absolute Gasteiger partial charge is 0.347 e. The van der Waals surface area contributed by atoms with E-state index in [1.165, 1.54) is 0 Å². The summed E-state index contributed by atoms with van der Waals surface area (Å²) in [4.78, 5) is 29.0. The van der Waals surface area contributed by atoms with Gasteiger partial charge in [0.2, 0.25) is 0 Å². The number of carbonyl (C=O) groups is 2. The lowest BCUT2D eigenvalue weighted by Gasteiger charge is -2.08. The monoisotopic (exact) mass is 373 g/mol. The van der Waals surface area contributed by atoms with E-state index in [-0.39, 0.29) is 23.2 Å². The number of rotatable bonds is 6. The number of aryl methyl sites for hydroxylation is 2. The van der Waals surface area contributed by atoms with Crippen LogP contribution in [0.25, 0.3) is 0 Å². The standard InChI is InChI=1S/C23H23N3O2/c1-16-6-3-8-18(12-16)14-24-22(27)20-10-5-11-21(26-20)23(28)25-15-19-9-4-7-17(2)13-19/h3-13H,14-15H2,1-2H3,(H,24,27)(H,25,28). The average Bonchev–Trinajstić information content (AvgIpc) is 2.70. The van der Waals surface area contributed by atoms with Crippen molar-refractivity contribution in [3.63, 3.8) is 0 Å². The summed E-state index contributed by atoms with van der Waals surface area (Å²) in [5.74, 6) is -0.621. The number of hydrogen-bond donors (Lipinski definition) is 2. The third kappa shape index (κ3) is 5.27. The highest BCUT2D eigenvalue weighted by Crippen LogP contribution is 2.06. The summed E-state index contributed by atoms with van der Waals surface area (Å²) in [5, 5.41) is 5.68. The number of hydrogen-bond acceptors (Lipinski definition) is 3. The Morgan fingerprint density at radius 1 is 0.714 bits per heavy atom. The molecule has 0 bridgehead atoms. The van der Waals surface area contributed by atoms with E-state index in [0.29, 0.717) is 13.1 Å². The van der Waals surface area contributed by atoms with Crippen molar-refractivity contribution in [2.24, 2.45) is 0 Å². The van der Waals surface area contributed by atoms with Crippen LogP contribution in [0.2, 0.25) is 0 Å². The Labute approximate surface area is 164 Å². The van der Waals surface area contributed by atoms with Crippen LogP contribution in [0.3, 0.4) is 0 Å². The molecule has 2 N–H and O–H groups in total. The van der Waals surface area contributed by atoms with Crippen molar-refractivity contribution >= 4 is 11.8 Å². The zero-order chi connectivity index (χ0) is 19.9. The fourth-order valence-corrected chi connectivity index (χ4v) is 2.88. The Bertz CT molecular complexity index is 922. The molecule has 3 aromatic rings. The summed E-state index contributed by atoms with van der Waals surface area (Å²) in [6.07, 6.45) is 0. The maximum Gasteiger partial charge on any atom is 0.270 e. The molecule has 0 atom stereocenters. The maximum absolute atomic E-state index is 12.4. The van der Waals surface area contributed by atoms with Crippen molar-refractivity contribution in [2.45, 2.75) is 26.9 Å². The zero-order valence-electron chi connectivity index (χ0n) is 16.0. The summed E-state index contributed by atoms with van der Waals surface area (Å²) in [7, 11) is 0. The van der Waals surface area contributed by atoms with E-state index >= 15 is 0 Å². The molecule has 1 aromatic heterocycles. The van der Waals surface area contributed by atoms with E-state index in [0.717, 1.165) is 22.3 Å². The van der Waals surface area contributed by atoms with Gasteiger partial charge in [-0.05, 0) is 37.1 Å². The molecule has 5 nitrogen and oxygen atoms in total. The molecule has 0 fully saturated rings. The van der Waals surface area contributed by atoms with Gasteiger partial charge in [0.1, 0.15) is 11.4 Å². The lowest BCUT2D eigenvalue weighted by Crippen LogP contribution is -2.27. The molecule has 28 heavy (non-hydrogen) atoms. The van der Waals surface area contributed by atoms with Crippen LogP contribution < -0.4 is 10.6 Å². The van der Waals surface area contributed by atoms with Crippen LogP contribution in [0.4, 0.5) is 0 Å². The van der Waals surface area contributed by atoms with E-state index in [4.69, 9.17) is 0 Å². The first-order valence-electron chi connectivity index (χ1n) is 9.16. The van der Waals surface area contributed by atoms with Crippen LogP contribution in [0.15, 0.2) is 66.7 Å². The first-order valence-corrected chi connectivity index (χ1v) is 9.16. The SMILES string of the molecule is Cc1cccc(CNC(=O)c2cccc(C(=O)NCc3cccc(C)c3)n2)c1. The quantitative estimate of drug-likeness (QED) is 0.694. The van der Waals surface area contributed by atoms with E-state index in [9.17, 15) is 9.59 Å². The molecule has 0 aliphatic heterocycles. The first kappa shape index (κ1) is 19.3. The van der Waals surface area contributed by atoms with Crippen molar-refractivity contribution in [1.82, 2.24) is 15.6 Å². The molecular weight excluding hydrogens is 350 g/mol. The van der Waals surface area contributed by atoms with Gasteiger partial charge in [-0.1, -0.05) is 65.7 Å². The zero-order valence-corrected chi connectivity index (χ0v) is 16.0. The van der Waals surface area contributed by atoms with Crippen molar-refractivity contribution in [3.8, 4) is 0 Å². The van der Waals surface area contributed by atoms with Gasteiger partial charge in [0.15, 0.2) is 0 Å². The topological polar surface area (TPSA) is 71.1 Å². The summed E-state index contributed by atoms with van der Waals surface area (Å²) in [6.45, 7) is 4.83. The summed E-state index contributed by atoms with van der Waals surface area (Å²) >= 11 is 0. The van der Waals surface area contributed by atoms with Gasteiger partial charge >= 0.3 is 0 Å². The first-order chi connectivity index (χ1) is 13.5. The summed E-state index contributed by atoms with van der Waals surface area (Å²) in [6, 6.07) is 20.7. The molecule has 0 spiro atoms. The molecule has 0 saturated heterocycles. The van der Waals surface area contributed by atoms with Crippen molar-refractivity contribution < 1.29 is 9.59 Å². The molecule has 0 radical (unpaired) electrons.